The van der Waals surface area contributed by atoms with E-state index in [1.807, 2.05) is 6.08 Å². The van der Waals surface area contributed by atoms with Gasteiger partial charge in [-0.05, 0) is 0 Å². The predicted octanol–water partition coefficient (Wildman–Crippen LogP) is 2.53. The van der Waals surface area contributed by atoms with Gasteiger partial charge in [0, 0.05) is 0 Å². The molecule has 0 aromatic rings. The van der Waals surface area contributed by atoms with Crippen LogP contribution in [0.3, 0.4) is 0 Å². The molecule has 0 aromatic carbocycles. The van der Waals surface area contributed by atoms with Crippen molar-refractivity contribution in [3.8, 4) is 0 Å². The van der Waals surface area contributed by atoms with Crippen molar-refractivity contribution in [1.29, 1.82) is 0 Å². The van der Waals surface area contributed by atoms with Crippen LogP contribution in [-0.2, 0) is 0 Å². The van der Waals surface area contributed by atoms with Crippen LogP contribution < -0.4 is 0 Å². The third-order valence-corrected chi connectivity index (χ3v) is 7.42. The molecule has 0 aliphatic rings. The van der Waals surface area contributed by atoms with E-state index in [0.717, 1.165) is 0 Å². The van der Waals surface area contributed by atoms with Gasteiger partial charge in [0.05, 0.1) is 0 Å². The van der Waals surface area contributed by atoms with E-state index in [-0.39, 0.29) is 0 Å². The zero-order valence-electron chi connectivity index (χ0n) is 5.74. The maximum atomic E-state index is 3.71. The number of hydrogen-bond donors (Lipinski definition) is 0. The van der Waals surface area contributed by atoms with Gasteiger partial charge in [-0.15, -0.1) is 0 Å². The Hall–Kier alpha value is 0.650. The first-order valence-electron chi connectivity index (χ1n) is 2.75. The fraction of sp³-hybridized carbons (Fsp3) is 0.667. The van der Waals surface area contributed by atoms with Gasteiger partial charge in [0.15, 0.2) is 0 Å². The summed E-state index contributed by atoms with van der Waals surface area (Å²) in [5.74, 6) is 0. The van der Waals surface area contributed by atoms with Gasteiger partial charge in [0.25, 0.3) is 0 Å². The van der Waals surface area contributed by atoms with Crippen LogP contribution in [-0.4, -0.2) is 24.6 Å². The van der Waals surface area contributed by atoms with Crippen LogP contribution in [0.1, 0.15) is 0 Å². The van der Waals surface area contributed by atoms with Crippen LogP contribution in [0.5, 0.6) is 0 Å². The number of allylic oxidation sites excluding steroid dienone is 1. The Morgan fingerprint density at radius 2 is 1.88 bits per heavy atom. The summed E-state index contributed by atoms with van der Waals surface area (Å²) in [6.45, 7) is 10.7. The molecule has 1 atom stereocenters. The Labute approximate surface area is 60.8 Å². The van der Waals surface area contributed by atoms with E-state index < -0.39 is 7.26 Å². The molecular weight excluding hydrogens is 183 g/mol. The number of alkyl halides is 1. The second-order valence-electron chi connectivity index (χ2n) is 3.00. The first-order valence-corrected chi connectivity index (χ1v) is 7.24. The zero-order valence-corrected chi connectivity index (χ0v) is 8.33. The molecule has 0 radical (unpaired) electrons. The van der Waals surface area contributed by atoms with Gasteiger partial charge in [-0.1, -0.05) is 0 Å². The molecule has 1 unspecified atom stereocenters. The fourth-order valence-electron chi connectivity index (χ4n) is 0.354. The summed E-state index contributed by atoms with van der Waals surface area (Å²) in [5.41, 5.74) is 0. The average molecular weight is 197 g/mol. The molecule has 0 nitrogen and oxygen atoms in total. The van der Waals surface area contributed by atoms with Crippen LogP contribution in [0.15, 0.2) is 12.7 Å². The quantitative estimate of drug-likeness (QED) is 0.362. The molecule has 0 aromatic heterocycles. The molecule has 0 rings (SSSR count). The van der Waals surface area contributed by atoms with E-state index in [0.29, 0.717) is 4.57 Å². The van der Waals surface area contributed by atoms with Crippen molar-refractivity contribution in [2.45, 2.75) is 4.57 Å². The molecule has 2 heteroatoms. The van der Waals surface area contributed by atoms with Gasteiger partial charge in [0.1, 0.15) is 0 Å². The summed E-state index contributed by atoms with van der Waals surface area (Å²) < 4.78 is 0.565. The SMILES string of the molecule is C=CC(Br)[PH](C)(C)C. The van der Waals surface area contributed by atoms with Gasteiger partial charge in [0.2, 0.25) is 0 Å². The molecule has 0 spiro atoms. The van der Waals surface area contributed by atoms with E-state index in [1.54, 1.807) is 0 Å². The molecule has 0 N–H and O–H groups in total. The van der Waals surface area contributed by atoms with Crippen LogP contribution in [0.25, 0.3) is 0 Å². The third-order valence-electron chi connectivity index (χ3n) is 1.03. The second-order valence-corrected chi connectivity index (χ2v) is 10.2. The van der Waals surface area contributed by atoms with Crippen molar-refractivity contribution < 1.29 is 0 Å². The van der Waals surface area contributed by atoms with Crippen molar-refractivity contribution in [2.24, 2.45) is 0 Å². The van der Waals surface area contributed by atoms with Crippen molar-refractivity contribution in [1.82, 2.24) is 0 Å². The molecule has 0 saturated heterocycles. The molecule has 0 heterocycles. The summed E-state index contributed by atoms with van der Waals surface area (Å²) in [4.78, 5) is 0. The van der Waals surface area contributed by atoms with E-state index in [2.05, 4.69) is 42.5 Å². The molecule has 0 saturated carbocycles. The van der Waals surface area contributed by atoms with Crippen LogP contribution >= 0.6 is 23.2 Å². The minimum absolute atomic E-state index is 0.565. The monoisotopic (exact) mass is 196 g/mol. The van der Waals surface area contributed by atoms with Gasteiger partial charge in [-0.2, -0.15) is 0 Å². The minimum atomic E-state index is -0.962. The Kier molecular flexibility index (Phi) is 3.23. The van der Waals surface area contributed by atoms with Gasteiger partial charge in [-0.3, -0.25) is 0 Å². The van der Waals surface area contributed by atoms with Crippen LogP contribution in [0.2, 0.25) is 0 Å². The standard InChI is InChI=1S/C6H14BrP/c1-5-6(7)8(2,3)4/h5-6,8H,1H2,2-4H3. The molecule has 50 valence electrons. The maximum absolute atomic E-state index is 3.71. The molecular formula is C6H14BrP. The first-order chi connectivity index (χ1) is 3.48. The number of hydrogen-bond acceptors (Lipinski definition) is 0. The summed E-state index contributed by atoms with van der Waals surface area (Å²) >= 11 is 3.54. The summed E-state index contributed by atoms with van der Waals surface area (Å²) in [6, 6.07) is 0. The molecule has 0 aliphatic heterocycles. The second kappa shape index (κ2) is 2.98. The molecule has 0 bridgehead atoms. The molecule has 0 aliphatic carbocycles. The Bertz CT molecular complexity index is 83.0. The van der Waals surface area contributed by atoms with Gasteiger partial charge in [-0.25, -0.2) is 0 Å². The third kappa shape index (κ3) is 2.84. The van der Waals surface area contributed by atoms with Crippen LogP contribution in [0, 0.1) is 0 Å². The molecule has 0 fully saturated rings. The number of halogens is 1. The normalized spacial score (nSPS) is 17.5. The van der Waals surface area contributed by atoms with E-state index in [9.17, 15) is 0 Å². The van der Waals surface area contributed by atoms with Crippen molar-refractivity contribution in [2.75, 3.05) is 20.0 Å². The average Bonchev–Trinajstić information content (AvgIpc) is 1.62. The summed E-state index contributed by atoms with van der Waals surface area (Å²) in [5, 5.41) is 0. The van der Waals surface area contributed by atoms with E-state index in [1.165, 1.54) is 0 Å². The number of rotatable bonds is 2. The van der Waals surface area contributed by atoms with E-state index in [4.69, 9.17) is 0 Å². The Morgan fingerprint density at radius 3 is 1.88 bits per heavy atom. The van der Waals surface area contributed by atoms with E-state index >= 15 is 0 Å². The van der Waals surface area contributed by atoms with Crippen LogP contribution in [0.4, 0.5) is 0 Å². The van der Waals surface area contributed by atoms with Crippen molar-refractivity contribution in [3.05, 3.63) is 12.7 Å². The molecule has 8 heavy (non-hydrogen) atoms. The van der Waals surface area contributed by atoms with Crippen molar-refractivity contribution >= 4 is 23.2 Å². The summed E-state index contributed by atoms with van der Waals surface area (Å²) in [6.07, 6.45) is 1.98. The zero-order chi connectivity index (χ0) is 6.78. The van der Waals surface area contributed by atoms with Gasteiger partial charge >= 0.3 is 60.4 Å². The Balaban J connectivity index is 3.80. The summed E-state index contributed by atoms with van der Waals surface area (Å²) in [7, 11) is -0.962. The van der Waals surface area contributed by atoms with Crippen molar-refractivity contribution in [3.63, 3.8) is 0 Å². The topological polar surface area (TPSA) is 0 Å². The molecule has 0 amide bonds. The predicted molar refractivity (Wildman–Crippen MR) is 49.0 cm³/mol. The first kappa shape index (κ1) is 8.65. The Morgan fingerprint density at radius 1 is 1.50 bits per heavy atom. The fourth-order valence-corrected chi connectivity index (χ4v) is 1.06. The van der Waals surface area contributed by atoms with Gasteiger partial charge < -0.3 is 0 Å².